The summed E-state index contributed by atoms with van der Waals surface area (Å²) >= 11 is 0. The van der Waals surface area contributed by atoms with Crippen molar-refractivity contribution in [3.63, 3.8) is 0 Å². The molecule has 7 heteroatoms. The maximum absolute atomic E-state index is 11.5. The Hall–Kier alpha value is -1.63. The van der Waals surface area contributed by atoms with Crippen molar-refractivity contribution < 1.29 is 9.21 Å². The first-order valence-electron chi connectivity index (χ1n) is 5.06. The molecule has 2 N–H and O–H groups in total. The number of carbonyl (C=O) groups excluding carboxylic acids is 1. The second-order valence-electron chi connectivity index (χ2n) is 3.48. The summed E-state index contributed by atoms with van der Waals surface area (Å²) in [5.74, 6) is 0.347. The van der Waals surface area contributed by atoms with Crippen LogP contribution in [0.3, 0.4) is 0 Å². The maximum Gasteiger partial charge on any atom is 0.318 e. The van der Waals surface area contributed by atoms with Gasteiger partial charge in [-0.2, -0.15) is 0 Å². The van der Waals surface area contributed by atoms with E-state index in [0.29, 0.717) is 18.5 Å². The first-order valence-corrected chi connectivity index (χ1v) is 5.06. The van der Waals surface area contributed by atoms with Crippen molar-refractivity contribution in [2.45, 2.75) is 13.5 Å². The number of anilines is 1. The summed E-state index contributed by atoms with van der Waals surface area (Å²) in [4.78, 5) is 14.8. The van der Waals surface area contributed by atoms with Crippen molar-refractivity contribution >= 4 is 11.9 Å². The quantitative estimate of drug-likeness (QED) is 0.725. The van der Waals surface area contributed by atoms with E-state index in [4.69, 9.17) is 10.2 Å². The lowest BCUT2D eigenvalue weighted by atomic mass is 10.4. The van der Waals surface area contributed by atoms with Crippen LogP contribution in [0.15, 0.2) is 4.42 Å². The monoisotopic (exact) mass is 227 g/mol. The summed E-state index contributed by atoms with van der Waals surface area (Å²) in [6.45, 7) is 2.95. The molecule has 1 aromatic rings. The maximum atomic E-state index is 11.5. The smallest absolute Gasteiger partial charge is 0.318 e. The van der Waals surface area contributed by atoms with Gasteiger partial charge < -0.3 is 20.0 Å². The van der Waals surface area contributed by atoms with Gasteiger partial charge in [-0.1, -0.05) is 5.10 Å². The number of hydrogen-bond donors (Lipinski definition) is 1. The van der Waals surface area contributed by atoms with Crippen molar-refractivity contribution in [3.8, 4) is 0 Å². The number of hydrogen-bond acceptors (Lipinski definition) is 6. The number of carbonyl (C=O) groups is 1. The molecule has 0 saturated heterocycles. The lowest BCUT2D eigenvalue weighted by Crippen LogP contribution is -2.36. The number of aromatic nitrogens is 2. The minimum Gasteiger partial charge on any atom is -0.407 e. The van der Waals surface area contributed by atoms with Gasteiger partial charge in [0, 0.05) is 20.6 Å². The molecule has 90 valence electrons. The number of rotatable bonds is 5. The summed E-state index contributed by atoms with van der Waals surface area (Å²) < 4.78 is 5.27. The zero-order valence-corrected chi connectivity index (χ0v) is 9.80. The highest BCUT2D eigenvalue weighted by atomic mass is 16.4. The lowest BCUT2D eigenvalue weighted by Gasteiger charge is -2.19. The summed E-state index contributed by atoms with van der Waals surface area (Å²) in [5, 5.41) is 7.58. The highest BCUT2D eigenvalue weighted by Gasteiger charge is 2.16. The Labute approximate surface area is 94.2 Å². The molecule has 0 radical (unpaired) electrons. The van der Waals surface area contributed by atoms with Gasteiger partial charge in [0.1, 0.15) is 6.54 Å². The molecule has 16 heavy (non-hydrogen) atoms. The van der Waals surface area contributed by atoms with Gasteiger partial charge >= 0.3 is 6.01 Å². The van der Waals surface area contributed by atoms with Gasteiger partial charge in [0.25, 0.3) is 0 Å². The van der Waals surface area contributed by atoms with Crippen molar-refractivity contribution in [3.05, 3.63) is 5.89 Å². The van der Waals surface area contributed by atoms with Crippen LogP contribution >= 0.6 is 0 Å². The zero-order chi connectivity index (χ0) is 12.1. The van der Waals surface area contributed by atoms with Gasteiger partial charge in [-0.3, -0.25) is 4.79 Å². The van der Waals surface area contributed by atoms with Crippen LogP contribution in [0.5, 0.6) is 0 Å². The highest BCUT2D eigenvalue weighted by molar-refractivity contribution is 5.80. The molecule has 0 fully saturated rings. The molecule has 1 heterocycles. The Morgan fingerprint density at radius 1 is 1.44 bits per heavy atom. The highest BCUT2D eigenvalue weighted by Crippen LogP contribution is 2.11. The van der Waals surface area contributed by atoms with E-state index in [1.165, 1.54) is 4.90 Å². The molecule has 7 nitrogen and oxygen atoms in total. The number of likely N-dealkylation sites (N-methyl/N-ethyl adjacent to an activating group) is 2. The van der Waals surface area contributed by atoms with Crippen LogP contribution < -0.4 is 10.6 Å². The van der Waals surface area contributed by atoms with Crippen LogP contribution in [-0.2, 0) is 11.3 Å². The Morgan fingerprint density at radius 2 is 2.12 bits per heavy atom. The van der Waals surface area contributed by atoms with Gasteiger partial charge in [-0.05, 0) is 6.92 Å². The Bertz CT molecular complexity index is 349. The van der Waals surface area contributed by atoms with Crippen LogP contribution in [0.1, 0.15) is 12.8 Å². The van der Waals surface area contributed by atoms with Crippen molar-refractivity contribution in [2.75, 3.05) is 32.1 Å². The van der Waals surface area contributed by atoms with E-state index >= 15 is 0 Å². The lowest BCUT2D eigenvalue weighted by molar-refractivity contribution is -0.127. The third-order valence-electron chi connectivity index (χ3n) is 2.11. The molecule has 0 spiro atoms. The topological polar surface area (TPSA) is 88.5 Å². The third-order valence-corrected chi connectivity index (χ3v) is 2.11. The number of amides is 1. The van der Waals surface area contributed by atoms with E-state index in [0.717, 1.165) is 0 Å². The van der Waals surface area contributed by atoms with Crippen LogP contribution in [0, 0.1) is 0 Å². The van der Waals surface area contributed by atoms with Crippen LogP contribution in [-0.4, -0.2) is 48.2 Å². The molecule has 0 aliphatic heterocycles. The van der Waals surface area contributed by atoms with E-state index in [2.05, 4.69) is 10.2 Å². The molecule has 0 aliphatic rings. The fourth-order valence-corrected chi connectivity index (χ4v) is 1.07. The fraction of sp³-hybridized carbons (Fsp3) is 0.667. The number of nitrogens with two attached hydrogens (primary N) is 1. The van der Waals surface area contributed by atoms with Crippen LogP contribution in [0.4, 0.5) is 6.01 Å². The van der Waals surface area contributed by atoms with Gasteiger partial charge in [0.2, 0.25) is 11.8 Å². The van der Waals surface area contributed by atoms with E-state index in [1.807, 2.05) is 6.92 Å². The summed E-state index contributed by atoms with van der Waals surface area (Å²) in [7, 11) is 3.41. The molecule has 0 aliphatic carbocycles. The SMILES string of the molecule is CCN(CC(=O)N(C)C)c1nnc(CN)o1. The first kappa shape index (κ1) is 12.4. The Balaban J connectivity index is 2.70. The number of nitrogens with zero attached hydrogens (tertiary/aromatic N) is 4. The van der Waals surface area contributed by atoms with Crippen molar-refractivity contribution in [1.29, 1.82) is 0 Å². The Kier molecular flexibility index (Phi) is 4.24. The molecule has 0 unspecified atom stereocenters. The zero-order valence-electron chi connectivity index (χ0n) is 9.80. The predicted molar refractivity (Wildman–Crippen MR) is 58.8 cm³/mol. The van der Waals surface area contributed by atoms with Crippen molar-refractivity contribution in [1.82, 2.24) is 15.1 Å². The minimum absolute atomic E-state index is 0.0191. The third kappa shape index (κ3) is 2.93. The van der Waals surface area contributed by atoms with E-state index in [9.17, 15) is 4.79 Å². The molecule has 0 atom stereocenters. The van der Waals surface area contributed by atoms with Crippen LogP contribution in [0.25, 0.3) is 0 Å². The fourth-order valence-electron chi connectivity index (χ4n) is 1.07. The van der Waals surface area contributed by atoms with Crippen LogP contribution in [0.2, 0.25) is 0 Å². The molecule has 0 aromatic carbocycles. The van der Waals surface area contributed by atoms with E-state index in [-0.39, 0.29) is 19.0 Å². The van der Waals surface area contributed by atoms with E-state index in [1.54, 1.807) is 19.0 Å². The van der Waals surface area contributed by atoms with Gasteiger partial charge in [0.15, 0.2) is 0 Å². The largest absolute Gasteiger partial charge is 0.407 e. The van der Waals surface area contributed by atoms with Gasteiger partial charge in [-0.25, -0.2) is 0 Å². The molecule has 0 saturated carbocycles. The molecule has 1 rings (SSSR count). The first-order chi connectivity index (χ1) is 7.58. The average molecular weight is 227 g/mol. The predicted octanol–water partition coefficient (Wildman–Crippen LogP) is -0.557. The Morgan fingerprint density at radius 3 is 2.56 bits per heavy atom. The average Bonchev–Trinajstić information content (AvgIpc) is 2.73. The summed E-state index contributed by atoms with van der Waals surface area (Å²) in [5.41, 5.74) is 5.36. The van der Waals surface area contributed by atoms with Crippen molar-refractivity contribution in [2.24, 2.45) is 5.73 Å². The second kappa shape index (κ2) is 5.45. The standard InChI is InChI=1S/C9H17N5O2/c1-4-14(6-8(15)13(2)3)9-12-11-7(5-10)16-9/h4-6,10H2,1-3H3. The second-order valence-corrected chi connectivity index (χ2v) is 3.48. The minimum atomic E-state index is -0.0191. The summed E-state index contributed by atoms with van der Waals surface area (Å²) in [6, 6.07) is 0.332. The molecule has 1 amide bonds. The molecule has 1 aromatic heterocycles. The molecular weight excluding hydrogens is 210 g/mol. The normalized spacial score (nSPS) is 10.2. The molecular formula is C9H17N5O2. The molecule has 0 bridgehead atoms. The van der Waals surface area contributed by atoms with Gasteiger partial charge in [0.05, 0.1) is 6.54 Å². The van der Waals surface area contributed by atoms with Gasteiger partial charge in [-0.15, -0.1) is 5.10 Å². The van der Waals surface area contributed by atoms with E-state index < -0.39 is 0 Å². The summed E-state index contributed by atoms with van der Waals surface area (Å²) in [6.07, 6.45) is 0.